The minimum Gasteiger partial charge on any atom is -0.463 e. The first-order chi connectivity index (χ1) is 15.5. The Hall–Kier alpha value is -2.40. The number of carbonyl (C=O) groups is 3. The summed E-state index contributed by atoms with van der Waals surface area (Å²) in [5.41, 5.74) is 9.11. The van der Waals surface area contributed by atoms with E-state index in [1.54, 1.807) is 13.8 Å². The molecular weight excluding hydrogens is 438 g/mol. The van der Waals surface area contributed by atoms with Crippen molar-refractivity contribution in [3.05, 3.63) is 10.4 Å². The fourth-order valence-electron chi connectivity index (χ4n) is 4.14. The summed E-state index contributed by atoms with van der Waals surface area (Å²) in [5.74, 6) is -2.33. The van der Waals surface area contributed by atoms with E-state index in [0.717, 1.165) is 0 Å². The van der Waals surface area contributed by atoms with E-state index >= 15 is 0 Å². The zero-order valence-corrected chi connectivity index (χ0v) is 20.0. The van der Waals surface area contributed by atoms with Crippen molar-refractivity contribution < 1.29 is 42.8 Å². The van der Waals surface area contributed by atoms with E-state index in [1.165, 1.54) is 20.8 Å². The van der Waals surface area contributed by atoms with Gasteiger partial charge in [-0.3, -0.25) is 14.4 Å². The molecule has 2 fully saturated rings. The first kappa shape index (κ1) is 26.8. The molecule has 0 aliphatic carbocycles. The van der Waals surface area contributed by atoms with Crippen LogP contribution in [-0.2, 0) is 42.8 Å². The maximum Gasteiger partial charge on any atom is 0.304 e. The number of nitrogens with zero attached hydrogens (tertiary/aromatic N) is 3. The van der Waals surface area contributed by atoms with Crippen LogP contribution in [0.4, 0.5) is 0 Å². The Kier molecular flexibility index (Phi) is 9.47. The molecule has 0 aromatic rings. The van der Waals surface area contributed by atoms with Gasteiger partial charge >= 0.3 is 17.9 Å². The lowest BCUT2D eigenvalue weighted by atomic mass is 9.82. The number of rotatable bonds is 7. The van der Waals surface area contributed by atoms with Gasteiger partial charge in [-0.2, -0.15) is 0 Å². The molecule has 33 heavy (non-hydrogen) atoms. The predicted molar refractivity (Wildman–Crippen MR) is 112 cm³/mol. The van der Waals surface area contributed by atoms with Crippen molar-refractivity contribution in [2.75, 3.05) is 6.61 Å². The van der Waals surface area contributed by atoms with Gasteiger partial charge in [0.05, 0.1) is 24.2 Å². The molecule has 0 aromatic heterocycles. The summed E-state index contributed by atoms with van der Waals surface area (Å²) < 4.78 is 34.0. The van der Waals surface area contributed by atoms with Gasteiger partial charge in [-0.15, -0.1) is 0 Å². The average Bonchev–Trinajstić information content (AvgIpc) is 2.71. The zero-order valence-electron chi connectivity index (χ0n) is 20.0. The monoisotopic (exact) mass is 471 g/mol. The van der Waals surface area contributed by atoms with Crippen LogP contribution < -0.4 is 0 Å². The van der Waals surface area contributed by atoms with Crippen LogP contribution in [0.3, 0.4) is 0 Å². The Labute approximate surface area is 192 Å². The highest BCUT2D eigenvalue weighted by atomic mass is 16.7. The molecule has 10 atom stereocenters. The van der Waals surface area contributed by atoms with Crippen molar-refractivity contribution in [3.63, 3.8) is 0 Å². The van der Waals surface area contributed by atoms with Gasteiger partial charge in [-0.05, 0) is 24.3 Å². The molecule has 0 saturated carbocycles. The highest BCUT2D eigenvalue weighted by Gasteiger charge is 2.50. The predicted octanol–water partition coefficient (Wildman–Crippen LogP) is 2.49. The topological polar surface area (TPSA) is 155 Å². The van der Waals surface area contributed by atoms with Gasteiger partial charge < -0.3 is 28.4 Å². The van der Waals surface area contributed by atoms with Gasteiger partial charge in [0.15, 0.2) is 6.29 Å². The van der Waals surface area contributed by atoms with Gasteiger partial charge in [-0.25, -0.2) is 0 Å². The van der Waals surface area contributed by atoms with Crippen LogP contribution in [-0.4, -0.2) is 67.6 Å². The Morgan fingerprint density at radius 3 is 2.03 bits per heavy atom. The van der Waals surface area contributed by atoms with Crippen molar-refractivity contribution in [3.8, 4) is 0 Å². The molecule has 12 nitrogen and oxygen atoms in total. The lowest BCUT2D eigenvalue weighted by molar-refractivity contribution is -0.320. The fraction of sp³-hybridized carbons (Fsp3) is 0.857. The molecule has 0 radical (unpaired) electrons. The van der Waals surface area contributed by atoms with E-state index in [4.69, 9.17) is 34.0 Å². The lowest BCUT2D eigenvalue weighted by Crippen LogP contribution is -2.59. The molecule has 2 aliphatic heterocycles. The molecule has 0 aromatic carbocycles. The molecule has 2 heterocycles. The van der Waals surface area contributed by atoms with E-state index in [9.17, 15) is 14.4 Å². The number of hydrogen-bond acceptors (Lipinski definition) is 10. The maximum absolute atomic E-state index is 11.8. The van der Waals surface area contributed by atoms with Gasteiger partial charge in [0.25, 0.3) is 0 Å². The summed E-state index contributed by atoms with van der Waals surface area (Å²) in [6.45, 7) is 11.1. The highest BCUT2D eigenvalue weighted by molar-refractivity contribution is 5.67. The Morgan fingerprint density at radius 1 is 0.848 bits per heavy atom. The van der Waals surface area contributed by atoms with Crippen molar-refractivity contribution in [2.24, 2.45) is 22.9 Å². The quantitative estimate of drug-likeness (QED) is 0.179. The van der Waals surface area contributed by atoms with Crippen LogP contribution in [0, 0.1) is 17.8 Å². The minimum absolute atomic E-state index is 0.0126. The lowest BCUT2D eigenvalue weighted by Gasteiger charge is -2.47. The summed E-state index contributed by atoms with van der Waals surface area (Å²) >= 11 is 0. The molecule has 0 N–H and O–H groups in total. The number of ether oxygens (including phenoxy) is 6. The molecular formula is C21H33N3O9. The first-order valence-corrected chi connectivity index (χ1v) is 10.9. The molecule has 2 rings (SSSR count). The standard InChI is InChI=1S/C21H33N3O9/c1-9-10(2)17(23-24-22)21(32-16(9)8-28-13(5)25)33-19-12(4)29-20(31-15(7)27)11(3)18(19)30-14(6)26/h9-12,16-21H,8H2,1-7H3/t9-,10-,11?,12?,16?,17?,18-,19+,20-,21+/m0/s1. The molecule has 0 amide bonds. The molecule has 0 bridgehead atoms. The van der Waals surface area contributed by atoms with Gasteiger partial charge in [-0.1, -0.05) is 25.9 Å². The Bertz CT molecular complexity index is 772. The second-order valence-corrected chi connectivity index (χ2v) is 8.61. The Morgan fingerprint density at radius 2 is 1.48 bits per heavy atom. The smallest absolute Gasteiger partial charge is 0.304 e. The summed E-state index contributed by atoms with van der Waals surface area (Å²) in [5, 5.41) is 3.88. The van der Waals surface area contributed by atoms with Gasteiger partial charge in [0.1, 0.15) is 18.8 Å². The second-order valence-electron chi connectivity index (χ2n) is 8.61. The number of esters is 3. The second kappa shape index (κ2) is 11.6. The van der Waals surface area contributed by atoms with Crippen molar-refractivity contribution >= 4 is 17.9 Å². The molecule has 4 unspecified atom stereocenters. The third-order valence-corrected chi connectivity index (χ3v) is 6.14. The van der Waals surface area contributed by atoms with Crippen molar-refractivity contribution in [1.29, 1.82) is 0 Å². The van der Waals surface area contributed by atoms with Crippen LogP contribution in [0.1, 0.15) is 48.5 Å². The molecule has 12 heteroatoms. The van der Waals surface area contributed by atoms with Crippen LogP contribution in [0.5, 0.6) is 0 Å². The normalized spacial score (nSPS) is 38.5. The number of hydrogen-bond donors (Lipinski definition) is 0. The van der Waals surface area contributed by atoms with Crippen LogP contribution in [0.25, 0.3) is 10.4 Å². The van der Waals surface area contributed by atoms with Crippen molar-refractivity contribution in [1.82, 2.24) is 0 Å². The van der Waals surface area contributed by atoms with E-state index in [0.29, 0.717) is 0 Å². The van der Waals surface area contributed by atoms with E-state index in [2.05, 4.69) is 10.0 Å². The molecule has 186 valence electrons. The van der Waals surface area contributed by atoms with Crippen LogP contribution in [0.15, 0.2) is 5.11 Å². The summed E-state index contributed by atoms with van der Waals surface area (Å²) in [4.78, 5) is 37.5. The molecule has 2 saturated heterocycles. The largest absolute Gasteiger partial charge is 0.463 e. The highest BCUT2D eigenvalue weighted by Crippen LogP contribution is 2.37. The van der Waals surface area contributed by atoms with E-state index in [1.807, 2.05) is 13.8 Å². The first-order valence-electron chi connectivity index (χ1n) is 10.9. The van der Waals surface area contributed by atoms with Crippen molar-refractivity contribution in [2.45, 2.75) is 91.5 Å². The number of azide groups is 1. The fourth-order valence-corrected chi connectivity index (χ4v) is 4.14. The van der Waals surface area contributed by atoms with Gasteiger partial charge in [0.2, 0.25) is 6.29 Å². The SMILES string of the molecule is CC(=O)OCC1O[C@H](O[C@@H]2C(C)O[C@@H](OC(C)=O)C(C)[C@@H]2OC(C)=O)C(N=[N+]=[N-])[C@@H](C)[C@@H]1C. The van der Waals surface area contributed by atoms with Crippen LogP contribution >= 0.6 is 0 Å². The minimum atomic E-state index is -1.01. The van der Waals surface area contributed by atoms with Gasteiger partial charge in [0, 0.05) is 25.7 Å². The molecule has 2 aliphatic rings. The third-order valence-electron chi connectivity index (χ3n) is 6.14. The summed E-state index contributed by atoms with van der Waals surface area (Å²) in [7, 11) is 0. The average molecular weight is 472 g/mol. The van der Waals surface area contributed by atoms with E-state index in [-0.39, 0.29) is 18.4 Å². The zero-order chi connectivity index (χ0) is 24.9. The van der Waals surface area contributed by atoms with Crippen LogP contribution in [0.2, 0.25) is 0 Å². The Balaban J connectivity index is 2.30. The number of carbonyl (C=O) groups excluding carboxylic acids is 3. The molecule has 0 spiro atoms. The third kappa shape index (κ3) is 6.80. The maximum atomic E-state index is 11.8. The summed E-state index contributed by atoms with van der Waals surface area (Å²) in [6, 6.07) is -0.690. The summed E-state index contributed by atoms with van der Waals surface area (Å²) in [6.07, 6.45) is -4.75. The van der Waals surface area contributed by atoms with E-state index < -0.39 is 66.9 Å².